The van der Waals surface area contributed by atoms with Crippen LogP contribution in [0.15, 0.2) is 5.03 Å². The number of rotatable bonds is 4. The number of hydrogen-bond donors (Lipinski definition) is 1. The maximum Gasteiger partial charge on any atom is 0.230 e. The highest BCUT2D eigenvalue weighted by Crippen LogP contribution is 2.26. The van der Waals surface area contributed by atoms with Crippen LogP contribution in [0.4, 0.5) is 0 Å². The van der Waals surface area contributed by atoms with Gasteiger partial charge in [-0.3, -0.25) is 4.79 Å². The van der Waals surface area contributed by atoms with Crippen LogP contribution in [-0.2, 0) is 4.79 Å². The van der Waals surface area contributed by atoms with E-state index < -0.39 is 0 Å². The molecule has 0 bridgehead atoms. The molecule has 0 fully saturated rings. The topological polar surface area (TPSA) is 65.8 Å². The fourth-order valence-electron chi connectivity index (χ4n) is 1.53. The third kappa shape index (κ3) is 3.23. The number of nitrogens with zero attached hydrogens (tertiary/aromatic N) is 2. The standard InChI is InChI=1S/C13H17N3OS/c1-5-15-12(17)7-18-13-11(6-14)9(3)8(2)10(4)16-13/h5,7H2,1-4H3,(H,15,17). The molecule has 0 saturated carbocycles. The summed E-state index contributed by atoms with van der Waals surface area (Å²) >= 11 is 1.31. The van der Waals surface area contributed by atoms with Crippen LogP contribution >= 0.6 is 11.8 Å². The lowest BCUT2D eigenvalue weighted by Crippen LogP contribution is -2.24. The van der Waals surface area contributed by atoms with Crippen molar-refractivity contribution in [3.63, 3.8) is 0 Å². The molecule has 0 radical (unpaired) electrons. The molecule has 0 unspecified atom stereocenters. The van der Waals surface area contributed by atoms with Crippen LogP contribution in [0.3, 0.4) is 0 Å². The number of aryl methyl sites for hydroxylation is 1. The van der Waals surface area contributed by atoms with E-state index in [9.17, 15) is 10.1 Å². The normalized spacial score (nSPS) is 9.94. The van der Waals surface area contributed by atoms with Gasteiger partial charge in [0.05, 0.1) is 11.3 Å². The van der Waals surface area contributed by atoms with E-state index in [1.807, 2.05) is 27.7 Å². The van der Waals surface area contributed by atoms with Gasteiger partial charge in [-0.1, -0.05) is 11.8 Å². The molecule has 0 aliphatic heterocycles. The van der Waals surface area contributed by atoms with Crippen LogP contribution in [-0.4, -0.2) is 23.2 Å². The van der Waals surface area contributed by atoms with Crippen molar-refractivity contribution in [1.82, 2.24) is 10.3 Å². The van der Waals surface area contributed by atoms with Crippen molar-refractivity contribution in [2.45, 2.75) is 32.7 Å². The molecule has 1 heterocycles. The zero-order valence-electron chi connectivity index (χ0n) is 11.1. The first-order valence-corrected chi connectivity index (χ1v) is 6.77. The SMILES string of the molecule is CCNC(=O)CSc1nc(C)c(C)c(C)c1C#N. The van der Waals surface area contributed by atoms with E-state index in [0.29, 0.717) is 17.1 Å². The van der Waals surface area contributed by atoms with Crippen LogP contribution in [0.25, 0.3) is 0 Å². The van der Waals surface area contributed by atoms with Crippen LogP contribution in [0.5, 0.6) is 0 Å². The Balaban J connectivity index is 2.96. The molecule has 1 rings (SSSR count). The van der Waals surface area contributed by atoms with Gasteiger partial charge in [0, 0.05) is 12.2 Å². The summed E-state index contributed by atoms with van der Waals surface area (Å²) < 4.78 is 0. The minimum Gasteiger partial charge on any atom is -0.356 e. The maximum absolute atomic E-state index is 11.4. The van der Waals surface area contributed by atoms with Crippen LogP contribution in [0.2, 0.25) is 0 Å². The zero-order chi connectivity index (χ0) is 13.7. The van der Waals surface area contributed by atoms with Crippen molar-refractivity contribution in [2.75, 3.05) is 12.3 Å². The minimum atomic E-state index is -0.0379. The smallest absolute Gasteiger partial charge is 0.230 e. The molecule has 0 spiro atoms. The molecule has 18 heavy (non-hydrogen) atoms. The minimum absolute atomic E-state index is 0.0379. The summed E-state index contributed by atoms with van der Waals surface area (Å²) in [5, 5.41) is 12.5. The first-order valence-electron chi connectivity index (χ1n) is 5.78. The number of pyridine rings is 1. The predicted molar refractivity (Wildman–Crippen MR) is 72.6 cm³/mol. The molecule has 1 aromatic heterocycles. The van der Waals surface area contributed by atoms with E-state index in [2.05, 4.69) is 16.4 Å². The maximum atomic E-state index is 11.4. The summed E-state index contributed by atoms with van der Waals surface area (Å²) in [6.07, 6.45) is 0. The van der Waals surface area contributed by atoms with Gasteiger partial charge in [-0.15, -0.1) is 0 Å². The second kappa shape index (κ2) is 6.41. The Morgan fingerprint density at radius 2 is 2.06 bits per heavy atom. The molecule has 1 N–H and O–H groups in total. The van der Waals surface area contributed by atoms with E-state index in [0.717, 1.165) is 16.8 Å². The van der Waals surface area contributed by atoms with Gasteiger partial charge in [0.2, 0.25) is 5.91 Å². The van der Waals surface area contributed by atoms with Crippen molar-refractivity contribution in [3.8, 4) is 6.07 Å². The second-order valence-electron chi connectivity index (χ2n) is 3.98. The quantitative estimate of drug-likeness (QED) is 0.845. The Kier molecular flexibility index (Phi) is 5.17. The molecule has 0 aliphatic rings. The summed E-state index contributed by atoms with van der Waals surface area (Å²) in [4.78, 5) is 15.8. The van der Waals surface area contributed by atoms with Crippen molar-refractivity contribution in [1.29, 1.82) is 5.26 Å². The first kappa shape index (κ1) is 14.5. The molecule has 0 saturated heterocycles. The summed E-state index contributed by atoms with van der Waals surface area (Å²) in [6, 6.07) is 2.17. The number of nitriles is 1. The summed E-state index contributed by atoms with van der Waals surface area (Å²) in [6.45, 7) is 8.28. The van der Waals surface area contributed by atoms with E-state index in [1.54, 1.807) is 0 Å². The Hall–Kier alpha value is -1.54. The van der Waals surface area contributed by atoms with Crippen molar-refractivity contribution >= 4 is 17.7 Å². The predicted octanol–water partition coefficient (Wildman–Crippen LogP) is 2.11. The van der Waals surface area contributed by atoms with Gasteiger partial charge in [-0.2, -0.15) is 5.26 Å². The molecule has 1 amide bonds. The lowest BCUT2D eigenvalue weighted by atomic mass is 10.1. The van der Waals surface area contributed by atoms with Gasteiger partial charge >= 0.3 is 0 Å². The van der Waals surface area contributed by atoms with Crippen LogP contribution < -0.4 is 5.32 Å². The molecule has 96 valence electrons. The number of aromatic nitrogens is 1. The lowest BCUT2D eigenvalue weighted by Gasteiger charge is -2.10. The summed E-state index contributed by atoms with van der Waals surface area (Å²) in [5.74, 6) is 0.251. The summed E-state index contributed by atoms with van der Waals surface area (Å²) in [5.41, 5.74) is 3.47. The monoisotopic (exact) mass is 263 g/mol. The summed E-state index contributed by atoms with van der Waals surface area (Å²) in [7, 11) is 0. The molecule has 0 aromatic carbocycles. The van der Waals surface area contributed by atoms with Gasteiger partial charge in [0.25, 0.3) is 0 Å². The number of amides is 1. The molecule has 1 aromatic rings. The molecular weight excluding hydrogens is 246 g/mol. The third-order valence-corrected chi connectivity index (χ3v) is 3.76. The van der Waals surface area contributed by atoms with E-state index in [-0.39, 0.29) is 11.7 Å². The van der Waals surface area contributed by atoms with E-state index in [1.165, 1.54) is 11.8 Å². The highest BCUT2D eigenvalue weighted by atomic mass is 32.2. The fourth-order valence-corrected chi connectivity index (χ4v) is 2.44. The highest BCUT2D eigenvalue weighted by molar-refractivity contribution is 8.00. The Morgan fingerprint density at radius 3 is 2.61 bits per heavy atom. The lowest BCUT2D eigenvalue weighted by molar-refractivity contribution is -0.118. The van der Waals surface area contributed by atoms with E-state index >= 15 is 0 Å². The molecular formula is C13H17N3OS. The van der Waals surface area contributed by atoms with Gasteiger partial charge in [0.15, 0.2) is 0 Å². The average molecular weight is 263 g/mol. The van der Waals surface area contributed by atoms with Crippen molar-refractivity contribution in [2.24, 2.45) is 0 Å². The first-order chi connectivity index (χ1) is 8.51. The Labute approximate surface area is 112 Å². The van der Waals surface area contributed by atoms with Gasteiger partial charge in [-0.25, -0.2) is 4.98 Å². The molecule has 0 aliphatic carbocycles. The largest absolute Gasteiger partial charge is 0.356 e. The molecule has 0 atom stereocenters. The van der Waals surface area contributed by atoms with Gasteiger partial charge in [0.1, 0.15) is 11.1 Å². The Morgan fingerprint density at radius 1 is 1.39 bits per heavy atom. The molecule has 4 nitrogen and oxygen atoms in total. The number of carbonyl (C=O) groups is 1. The molecule has 5 heteroatoms. The highest BCUT2D eigenvalue weighted by Gasteiger charge is 2.13. The second-order valence-corrected chi connectivity index (χ2v) is 4.95. The number of carbonyl (C=O) groups excluding carboxylic acids is 1. The van der Waals surface area contributed by atoms with Crippen LogP contribution in [0, 0.1) is 32.1 Å². The van der Waals surface area contributed by atoms with Gasteiger partial charge in [-0.05, 0) is 38.8 Å². The van der Waals surface area contributed by atoms with E-state index in [4.69, 9.17) is 0 Å². The number of hydrogen-bond acceptors (Lipinski definition) is 4. The third-order valence-electron chi connectivity index (χ3n) is 2.79. The average Bonchev–Trinajstić information content (AvgIpc) is 2.34. The zero-order valence-corrected chi connectivity index (χ0v) is 11.9. The van der Waals surface area contributed by atoms with Crippen LogP contribution in [0.1, 0.15) is 29.3 Å². The van der Waals surface area contributed by atoms with Crippen molar-refractivity contribution in [3.05, 3.63) is 22.4 Å². The number of thioether (sulfide) groups is 1. The van der Waals surface area contributed by atoms with Gasteiger partial charge < -0.3 is 5.32 Å². The Bertz CT molecular complexity index is 506. The number of nitrogens with one attached hydrogen (secondary N) is 1. The fraction of sp³-hybridized carbons (Fsp3) is 0.462. The van der Waals surface area contributed by atoms with Crippen molar-refractivity contribution < 1.29 is 4.79 Å².